The van der Waals surface area contributed by atoms with Gasteiger partial charge in [-0.2, -0.15) is 5.10 Å². The maximum atomic E-state index is 11.7. The van der Waals surface area contributed by atoms with Crippen molar-refractivity contribution in [2.75, 3.05) is 6.61 Å². The fourth-order valence-electron chi connectivity index (χ4n) is 1.59. The molecule has 0 saturated carbocycles. The van der Waals surface area contributed by atoms with Crippen LogP contribution in [0.2, 0.25) is 0 Å². The van der Waals surface area contributed by atoms with E-state index in [9.17, 15) is 4.79 Å². The minimum atomic E-state index is -0.460. The predicted molar refractivity (Wildman–Crippen MR) is 77.5 cm³/mol. The number of carbonyl (C=O) groups is 1. The van der Waals surface area contributed by atoms with Crippen molar-refractivity contribution in [1.29, 1.82) is 0 Å². The molecule has 2 aromatic rings. The summed E-state index contributed by atoms with van der Waals surface area (Å²) in [5.41, 5.74) is 0. The number of allylic oxidation sites excluding steroid dienone is 1. The number of hydrogen-bond acceptors (Lipinski definition) is 4. The molecule has 20 heavy (non-hydrogen) atoms. The summed E-state index contributed by atoms with van der Waals surface area (Å²) in [6.45, 7) is 2.74. The number of ether oxygens (including phenoxy) is 1. The molecule has 0 aliphatic heterocycles. The van der Waals surface area contributed by atoms with Gasteiger partial charge in [0, 0.05) is 6.20 Å². The number of aromatic nitrogens is 2. The van der Waals surface area contributed by atoms with Crippen LogP contribution in [0.1, 0.15) is 29.7 Å². The highest BCUT2D eigenvalue weighted by Crippen LogP contribution is 2.12. The Morgan fingerprint density at radius 3 is 3.05 bits per heavy atom. The maximum Gasteiger partial charge on any atom is 0.374 e. The van der Waals surface area contributed by atoms with E-state index in [-0.39, 0.29) is 12.4 Å². The third-order valence-electron chi connectivity index (χ3n) is 2.50. The van der Waals surface area contributed by atoms with E-state index in [1.807, 2.05) is 25.3 Å². The second kappa shape index (κ2) is 7.09. The Morgan fingerprint density at radius 2 is 2.35 bits per heavy atom. The molecule has 2 aromatic heterocycles. The Labute approximate surface area is 125 Å². The van der Waals surface area contributed by atoms with Gasteiger partial charge >= 0.3 is 5.97 Å². The lowest BCUT2D eigenvalue weighted by atomic mass is 10.4. The smallest absolute Gasteiger partial charge is 0.374 e. The molecule has 0 saturated heterocycles. The van der Waals surface area contributed by atoms with Crippen molar-refractivity contribution >= 4 is 21.9 Å². The normalized spacial score (nSPS) is 11.1. The summed E-state index contributed by atoms with van der Waals surface area (Å²) in [4.78, 5) is 11.7. The number of hydrogen-bond donors (Lipinski definition) is 0. The summed E-state index contributed by atoms with van der Waals surface area (Å²) >= 11 is 3.32. The second-order valence-electron chi connectivity index (χ2n) is 4.10. The van der Waals surface area contributed by atoms with Gasteiger partial charge in [0.15, 0.2) is 0 Å². The Hall–Kier alpha value is -1.82. The fraction of sp³-hybridized carbons (Fsp3) is 0.286. The van der Waals surface area contributed by atoms with Crippen LogP contribution in [0.5, 0.6) is 0 Å². The number of halogens is 1. The number of carbonyl (C=O) groups excluding carboxylic acids is 1. The molecule has 0 aromatic carbocycles. The van der Waals surface area contributed by atoms with Gasteiger partial charge in [0.2, 0.25) is 5.76 Å². The summed E-state index contributed by atoms with van der Waals surface area (Å²) in [7, 11) is 0. The van der Waals surface area contributed by atoms with Gasteiger partial charge in [-0.05, 0) is 34.5 Å². The van der Waals surface area contributed by atoms with Crippen molar-refractivity contribution in [3.8, 4) is 0 Å². The highest BCUT2D eigenvalue weighted by atomic mass is 79.9. The largest absolute Gasteiger partial charge is 0.456 e. The van der Waals surface area contributed by atoms with Gasteiger partial charge in [0.1, 0.15) is 12.4 Å². The van der Waals surface area contributed by atoms with Gasteiger partial charge in [0.25, 0.3) is 0 Å². The molecule has 0 aliphatic carbocycles. The zero-order valence-electron chi connectivity index (χ0n) is 11.1. The third kappa shape index (κ3) is 4.09. The SMILES string of the molecule is CC/C=C/COC(=O)c1ccc(Cn2cc(Br)cn2)o1. The van der Waals surface area contributed by atoms with Crippen molar-refractivity contribution in [1.82, 2.24) is 9.78 Å². The zero-order chi connectivity index (χ0) is 14.4. The monoisotopic (exact) mass is 338 g/mol. The lowest BCUT2D eigenvalue weighted by molar-refractivity contribution is 0.0511. The average molecular weight is 339 g/mol. The van der Waals surface area contributed by atoms with Crippen LogP contribution in [0.25, 0.3) is 0 Å². The molecular weight excluding hydrogens is 324 g/mol. The van der Waals surface area contributed by atoms with E-state index in [1.54, 1.807) is 23.0 Å². The first-order chi connectivity index (χ1) is 9.69. The number of esters is 1. The van der Waals surface area contributed by atoms with Crippen LogP contribution in [-0.4, -0.2) is 22.4 Å². The molecule has 5 nitrogen and oxygen atoms in total. The van der Waals surface area contributed by atoms with Gasteiger partial charge in [0.05, 0.1) is 17.2 Å². The minimum Gasteiger partial charge on any atom is -0.456 e. The van der Waals surface area contributed by atoms with Gasteiger partial charge in [-0.15, -0.1) is 0 Å². The molecule has 2 heterocycles. The molecule has 0 N–H and O–H groups in total. The summed E-state index contributed by atoms with van der Waals surface area (Å²) in [6.07, 6.45) is 8.19. The molecule has 2 rings (SSSR count). The van der Waals surface area contributed by atoms with E-state index in [0.717, 1.165) is 10.9 Å². The first-order valence-corrected chi connectivity index (χ1v) is 7.07. The molecule has 106 valence electrons. The second-order valence-corrected chi connectivity index (χ2v) is 5.02. The van der Waals surface area contributed by atoms with Crippen LogP contribution in [0.3, 0.4) is 0 Å². The number of rotatable bonds is 6. The van der Waals surface area contributed by atoms with Crippen LogP contribution in [0, 0.1) is 0 Å². The molecule has 0 radical (unpaired) electrons. The lowest BCUT2D eigenvalue weighted by Gasteiger charge is -1.99. The molecule has 0 spiro atoms. The Bertz CT molecular complexity index is 601. The molecule has 0 amide bonds. The lowest BCUT2D eigenvalue weighted by Crippen LogP contribution is -2.04. The molecular formula is C14H15BrN2O3. The molecule has 6 heteroatoms. The van der Waals surface area contributed by atoms with Gasteiger partial charge in [-0.25, -0.2) is 4.79 Å². The third-order valence-corrected chi connectivity index (χ3v) is 2.90. The van der Waals surface area contributed by atoms with Crippen LogP contribution in [0.15, 0.2) is 45.6 Å². The van der Waals surface area contributed by atoms with Crippen LogP contribution >= 0.6 is 15.9 Å². The van der Waals surface area contributed by atoms with Gasteiger partial charge in [-0.1, -0.05) is 19.1 Å². The van der Waals surface area contributed by atoms with Crippen molar-refractivity contribution in [3.05, 3.63) is 52.7 Å². The van der Waals surface area contributed by atoms with Crippen molar-refractivity contribution < 1.29 is 13.9 Å². The number of furan rings is 1. The van der Waals surface area contributed by atoms with E-state index in [2.05, 4.69) is 21.0 Å². The predicted octanol–water partition coefficient (Wildman–Crippen LogP) is 3.41. The van der Waals surface area contributed by atoms with Gasteiger partial charge in [-0.3, -0.25) is 4.68 Å². The van der Waals surface area contributed by atoms with Crippen molar-refractivity contribution in [2.45, 2.75) is 19.9 Å². The molecule has 0 unspecified atom stereocenters. The molecule has 0 bridgehead atoms. The van der Waals surface area contributed by atoms with Crippen LogP contribution in [-0.2, 0) is 11.3 Å². The fourth-order valence-corrected chi connectivity index (χ4v) is 1.91. The quantitative estimate of drug-likeness (QED) is 0.598. The maximum absolute atomic E-state index is 11.7. The van der Waals surface area contributed by atoms with Crippen molar-refractivity contribution in [3.63, 3.8) is 0 Å². The van der Waals surface area contributed by atoms with Gasteiger partial charge < -0.3 is 9.15 Å². The first kappa shape index (κ1) is 14.6. The summed E-state index contributed by atoms with van der Waals surface area (Å²) in [5, 5.41) is 4.12. The summed E-state index contributed by atoms with van der Waals surface area (Å²) < 4.78 is 13.1. The standard InChI is InChI=1S/C14H15BrN2O3/c1-2-3-4-7-19-14(18)13-6-5-12(20-13)10-17-9-11(15)8-16-17/h3-6,8-9H,2,7,10H2,1H3/b4-3+. The van der Waals surface area contributed by atoms with E-state index in [1.165, 1.54) is 0 Å². The summed E-state index contributed by atoms with van der Waals surface area (Å²) in [6, 6.07) is 3.35. The highest BCUT2D eigenvalue weighted by Gasteiger charge is 2.12. The first-order valence-electron chi connectivity index (χ1n) is 6.28. The molecule has 0 atom stereocenters. The zero-order valence-corrected chi connectivity index (χ0v) is 12.7. The Morgan fingerprint density at radius 1 is 1.50 bits per heavy atom. The van der Waals surface area contributed by atoms with Crippen LogP contribution in [0.4, 0.5) is 0 Å². The van der Waals surface area contributed by atoms with E-state index in [0.29, 0.717) is 12.3 Å². The molecule has 0 aliphatic rings. The topological polar surface area (TPSA) is 57.3 Å². The van der Waals surface area contributed by atoms with E-state index >= 15 is 0 Å². The summed E-state index contributed by atoms with van der Waals surface area (Å²) in [5.74, 6) is 0.395. The van der Waals surface area contributed by atoms with E-state index < -0.39 is 5.97 Å². The minimum absolute atomic E-state index is 0.205. The van der Waals surface area contributed by atoms with Crippen LogP contribution < -0.4 is 0 Å². The highest BCUT2D eigenvalue weighted by molar-refractivity contribution is 9.10. The number of nitrogens with zero attached hydrogens (tertiary/aromatic N) is 2. The van der Waals surface area contributed by atoms with Crippen molar-refractivity contribution in [2.24, 2.45) is 0 Å². The average Bonchev–Trinajstić information content (AvgIpc) is 3.04. The Kier molecular flexibility index (Phi) is 5.17. The van der Waals surface area contributed by atoms with E-state index in [4.69, 9.17) is 9.15 Å². The molecule has 0 fully saturated rings. The Balaban J connectivity index is 1.91.